The molecule has 2 rings (SSSR count). The highest BCUT2D eigenvalue weighted by Crippen LogP contribution is 2.11. The van der Waals surface area contributed by atoms with Crippen LogP contribution < -0.4 is 10.0 Å². The predicted octanol–water partition coefficient (Wildman–Crippen LogP) is 1.01. The number of carbonyl (C=O) groups excluding carboxylic acids is 1. The third-order valence-corrected chi connectivity index (χ3v) is 7.02. The molecule has 11 heteroatoms. The van der Waals surface area contributed by atoms with Crippen molar-refractivity contribution in [1.82, 2.24) is 10.0 Å². The number of nitrogens with one attached hydrogen (secondary N) is 2. The van der Waals surface area contributed by atoms with Crippen LogP contribution in [0, 0.1) is 11.3 Å². The van der Waals surface area contributed by atoms with Crippen LogP contribution in [0.3, 0.4) is 0 Å². The van der Waals surface area contributed by atoms with Gasteiger partial charge in [0.1, 0.15) is 18.4 Å². The molecule has 0 unspecified atom stereocenters. The van der Waals surface area contributed by atoms with Crippen LogP contribution in [-0.4, -0.2) is 46.9 Å². The second-order valence-electron chi connectivity index (χ2n) is 6.56. The van der Waals surface area contributed by atoms with Gasteiger partial charge in [-0.15, -0.1) is 0 Å². The monoisotopic (exact) mass is 462 g/mol. The summed E-state index contributed by atoms with van der Waals surface area (Å²) in [6.45, 7) is 0.979. The second kappa shape index (κ2) is 10.7. The quantitative estimate of drug-likeness (QED) is 0.323. The first kappa shape index (κ1) is 24.0. The molecule has 2 N–H and O–H groups in total. The van der Waals surface area contributed by atoms with Crippen LogP contribution in [0.2, 0.25) is 0 Å². The van der Waals surface area contributed by atoms with Gasteiger partial charge < -0.3 is 5.32 Å². The molecule has 0 aromatic heterocycles. The summed E-state index contributed by atoms with van der Waals surface area (Å²) in [5.41, 5.74) is 0.546. The Hall–Kier alpha value is -3.23. The third-order valence-electron chi connectivity index (χ3n) is 3.97. The maximum Gasteiger partial charge on any atom is 0.262 e. The van der Waals surface area contributed by atoms with Gasteiger partial charge in [0.25, 0.3) is 10.0 Å². The van der Waals surface area contributed by atoms with Gasteiger partial charge in [-0.05, 0) is 24.6 Å². The van der Waals surface area contributed by atoms with Crippen molar-refractivity contribution in [1.29, 1.82) is 5.26 Å². The van der Waals surface area contributed by atoms with E-state index in [-0.39, 0.29) is 23.0 Å². The van der Waals surface area contributed by atoms with Gasteiger partial charge in [-0.1, -0.05) is 48.5 Å². The number of carbonyl (C=O) groups is 1. The second-order valence-corrected chi connectivity index (χ2v) is 10.4. The molecule has 2 aromatic carbocycles. The van der Waals surface area contributed by atoms with Crippen LogP contribution in [0.25, 0.3) is 0 Å². The van der Waals surface area contributed by atoms with Crippen LogP contribution in [0.15, 0.2) is 70.6 Å². The Morgan fingerprint density at radius 3 is 2.19 bits per heavy atom. The van der Waals surface area contributed by atoms with Crippen molar-refractivity contribution in [2.75, 3.05) is 12.3 Å². The first-order chi connectivity index (χ1) is 14.6. The van der Waals surface area contributed by atoms with Gasteiger partial charge in [0.05, 0.1) is 22.5 Å². The van der Waals surface area contributed by atoms with Gasteiger partial charge in [0, 0.05) is 0 Å². The Morgan fingerprint density at radius 1 is 1.03 bits per heavy atom. The van der Waals surface area contributed by atoms with Gasteiger partial charge in [0.15, 0.2) is 9.84 Å². The van der Waals surface area contributed by atoms with Gasteiger partial charge in [-0.2, -0.15) is 5.26 Å². The fourth-order valence-corrected chi connectivity index (χ4v) is 5.26. The topological polar surface area (TPSA) is 146 Å². The van der Waals surface area contributed by atoms with Gasteiger partial charge in [-0.25, -0.2) is 16.8 Å². The SMILES string of the molecule is CC(=N[C@@H](CS(=O)(=O)Cc1ccccc1)C(=O)NCC#N)NS(=O)(=O)c1ccccc1. The number of hydrogen-bond acceptors (Lipinski definition) is 7. The van der Waals surface area contributed by atoms with Crippen molar-refractivity contribution < 1.29 is 21.6 Å². The lowest BCUT2D eigenvalue weighted by Gasteiger charge is -2.15. The molecule has 2 aromatic rings. The number of nitriles is 1. The lowest BCUT2D eigenvalue weighted by molar-refractivity contribution is -0.121. The van der Waals surface area contributed by atoms with E-state index in [0.717, 1.165) is 0 Å². The highest BCUT2D eigenvalue weighted by Gasteiger charge is 2.26. The first-order valence-electron chi connectivity index (χ1n) is 9.14. The molecule has 1 atom stereocenters. The zero-order valence-electron chi connectivity index (χ0n) is 16.7. The molecule has 0 aliphatic heterocycles. The number of amidine groups is 1. The summed E-state index contributed by atoms with van der Waals surface area (Å²) in [6.07, 6.45) is 0. The highest BCUT2D eigenvalue weighted by atomic mass is 32.2. The van der Waals surface area contributed by atoms with Crippen molar-refractivity contribution in [3.8, 4) is 6.07 Å². The van der Waals surface area contributed by atoms with E-state index in [1.807, 2.05) is 0 Å². The van der Waals surface area contributed by atoms with E-state index in [1.165, 1.54) is 19.1 Å². The summed E-state index contributed by atoms with van der Waals surface area (Å²) in [5, 5.41) is 10.9. The predicted molar refractivity (Wildman–Crippen MR) is 116 cm³/mol. The number of sulfonamides is 1. The average Bonchev–Trinajstić information content (AvgIpc) is 2.72. The van der Waals surface area contributed by atoms with Crippen LogP contribution in [-0.2, 0) is 30.4 Å². The molecule has 0 saturated carbocycles. The minimum Gasteiger partial charge on any atom is -0.341 e. The number of rotatable bonds is 9. The maximum absolute atomic E-state index is 12.6. The van der Waals surface area contributed by atoms with Crippen LogP contribution in [0.5, 0.6) is 0 Å². The van der Waals surface area contributed by atoms with Crippen LogP contribution >= 0.6 is 0 Å². The molecule has 1 amide bonds. The van der Waals surface area contributed by atoms with E-state index in [9.17, 15) is 21.6 Å². The largest absolute Gasteiger partial charge is 0.341 e. The maximum atomic E-state index is 12.6. The third kappa shape index (κ3) is 7.84. The average molecular weight is 463 g/mol. The van der Waals surface area contributed by atoms with E-state index in [1.54, 1.807) is 54.6 Å². The van der Waals surface area contributed by atoms with Crippen molar-refractivity contribution in [3.63, 3.8) is 0 Å². The number of sulfone groups is 1. The summed E-state index contributed by atoms with van der Waals surface area (Å²) in [5.74, 6) is -1.91. The zero-order chi connectivity index (χ0) is 22.9. The van der Waals surface area contributed by atoms with Gasteiger partial charge in [-0.3, -0.25) is 14.5 Å². The number of benzene rings is 2. The van der Waals surface area contributed by atoms with E-state index in [2.05, 4.69) is 15.0 Å². The van der Waals surface area contributed by atoms with Crippen molar-refractivity contribution in [2.24, 2.45) is 4.99 Å². The molecule has 164 valence electrons. The van der Waals surface area contributed by atoms with Crippen LogP contribution in [0.1, 0.15) is 12.5 Å². The summed E-state index contributed by atoms with van der Waals surface area (Å²) >= 11 is 0. The number of aliphatic imine (C=N–C) groups is 1. The van der Waals surface area contributed by atoms with Crippen LogP contribution in [0.4, 0.5) is 0 Å². The number of hydrogen-bond donors (Lipinski definition) is 2. The smallest absolute Gasteiger partial charge is 0.262 e. The summed E-state index contributed by atoms with van der Waals surface area (Å²) in [6, 6.07) is 16.3. The molecular weight excluding hydrogens is 440 g/mol. The molecule has 0 fully saturated rings. The summed E-state index contributed by atoms with van der Waals surface area (Å²) in [7, 11) is -7.73. The number of amides is 1. The Morgan fingerprint density at radius 2 is 1.61 bits per heavy atom. The van der Waals surface area contributed by atoms with Crippen molar-refractivity contribution in [2.45, 2.75) is 23.6 Å². The first-order valence-corrected chi connectivity index (χ1v) is 12.4. The molecule has 0 aliphatic rings. The Kier molecular flexibility index (Phi) is 8.30. The standard InChI is InChI=1S/C20H22N4O5S2/c1-16(24-31(28,29)18-10-6-3-7-11-18)23-19(20(25)22-13-12-21)15-30(26,27)14-17-8-4-2-5-9-17/h2-11,19H,13-15H2,1H3,(H,22,25)(H,23,24)/t19-/m0/s1. The highest BCUT2D eigenvalue weighted by molar-refractivity contribution is 7.90. The zero-order valence-corrected chi connectivity index (χ0v) is 18.4. The van der Waals surface area contributed by atoms with E-state index in [0.29, 0.717) is 5.56 Å². The molecule has 31 heavy (non-hydrogen) atoms. The molecule has 0 spiro atoms. The van der Waals surface area contributed by atoms with E-state index in [4.69, 9.17) is 5.26 Å². The molecule has 0 aliphatic carbocycles. The Balaban J connectivity index is 2.24. The minimum absolute atomic E-state index is 0.00766. The van der Waals surface area contributed by atoms with Gasteiger partial charge in [0.2, 0.25) is 5.91 Å². The fraction of sp³-hybridized carbons (Fsp3) is 0.250. The Bertz CT molecular complexity index is 1170. The summed E-state index contributed by atoms with van der Waals surface area (Å²) in [4.78, 5) is 16.4. The minimum atomic E-state index is -3.95. The van der Waals surface area contributed by atoms with E-state index >= 15 is 0 Å². The molecule has 0 saturated heterocycles. The molecular formula is C20H22N4O5S2. The Labute approximate surface area is 181 Å². The van der Waals surface area contributed by atoms with E-state index < -0.39 is 37.6 Å². The van der Waals surface area contributed by atoms with Gasteiger partial charge >= 0.3 is 0 Å². The normalized spacial score (nSPS) is 13.1. The molecule has 0 radical (unpaired) electrons. The molecule has 0 bridgehead atoms. The van der Waals surface area contributed by atoms with Crippen molar-refractivity contribution in [3.05, 3.63) is 66.2 Å². The molecule has 0 heterocycles. The van der Waals surface area contributed by atoms with Crippen molar-refractivity contribution >= 4 is 31.6 Å². The number of nitrogens with zero attached hydrogens (tertiary/aromatic N) is 2. The lowest BCUT2D eigenvalue weighted by atomic mass is 10.2. The summed E-state index contributed by atoms with van der Waals surface area (Å²) < 4.78 is 52.4. The lowest BCUT2D eigenvalue weighted by Crippen LogP contribution is -2.40. The molecule has 9 nitrogen and oxygen atoms in total. The fourth-order valence-electron chi connectivity index (χ4n) is 2.66.